The van der Waals surface area contributed by atoms with Gasteiger partial charge in [-0.05, 0) is 0 Å². The van der Waals surface area contributed by atoms with Crippen LogP contribution in [0.3, 0.4) is 0 Å². The summed E-state index contributed by atoms with van der Waals surface area (Å²) in [6.07, 6.45) is -0.0894. The Morgan fingerprint density at radius 1 is 1.82 bits per heavy atom. The maximum Gasteiger partial charge on any atom is 0.324 e. The zero-order valence-corrected chi connectivity index (χ0v) is 6.92. The van der Waals surface area contributed by atoms with E-state index in [0.29, 0.717) is 19.0 Å². The normalized spacial score (nSPS) is 20.5. The van der Waals surface area contributed by atoms with Gasteiger partial charge in [0.1, 0.15) is 12.1 Å². The number of carbonyl (C=O) groups is 1. The number of thiol groups is 1. The van der Waals surface area contributed by atoms with Gasteiger partial charge in [-0.25, -0.2) is 0 Å². The molecule has 1 fully saturated rings. The third-order valence-electron chi connectivity index (χ3n) is 1.39. The lowest BCUT2D eigenvalue weighted by molar-refractivity contribution is -0.173. The van der Waals surface area contributed by atoms with Crippen LogP contribution >= 0.6 is 12.6 Å². The highest BCUT2D eigenvalue weighted by atomic mass is 32.1. The van der Waals surface area contributed by atoms with E-state index in [9.17, 15) is 4.79 Å². The predicted molar refractivity (Wildman–Crippen MR) is 42.5 cm³/mol. The molecular formula is C6H11NO3S. The molecule has 1 heterocycles. The van der Waals surface area contributed by atoms with E-state index in [0.717, 1.165) is 0 Å². The molecule has 4 nitrogen and oxygen atoms in total. The van der Waals surface area contributed by atoms with Gasteiger partial charge in [-0.3, -0.25) is 4.79 Å². The molecule has 0 aliphatic carbocycles. The highest BCUT2D eigenvalue weighted by Gasteiger charge is 2.24. The average Bonchev–Trinajstić information content (AvgIpc) is 1.94. The van der Waals surface area contributed by atoms with Crippen molar-refractivity contribution in [1.82, 2.24) is 0 Å². The van der Waals surface area contributed by atoms with Crippen molar-refractivity contribution in [2.45, 2.75) is 12.1 Å². The Morgan fingerprint density at radius 2 is 2.45 bits per heavy atom. The second-order valence-corrected chi connectivity index (χ2v) is 2.75. The lowest BCUT2D eigenvalue weighted by atomic mass is 10.3. The van der Waals surface area contributed by atoms with Gasteiger partial charge >= 0.3 is 5.97 Å². The molecule has 0 amide bonds. The summed E-state index contributed by atoms with van der Waals surface area (Å²) >= 11 is 3.87. The van der Waals surface area contributed by atoms with Crippen LogP contribution in [0.4, 0.5) is 0 Å². The van der Waals surface area contributed by atoms with Gasteiger partial charge < -0.3 is 15.2 Å². The Labute approximate surface area is 70.4 Å². The summed E-state index contributed by atoms with van der Waals surface area (Å²) in [5, 5.41) is 0. The Kier molecular flexibility index (Phi) is 3.16. The topological polar surface area (TPSA) is 61.6 Å². The third-order valence-corrected chi connectivity index (χ3v) is 1.78. The molecule has 0 bridgehead atoms. The van der Waals surface area contributed by atoms with Crippen LogP contribution in [0.2, 0.25) is 0 Å². The van der Waals surface area contributed by atoms with Crippen LogP contribution in [0.15, 0.2) is 0 Å². The molecule has 1 aliphatic rings. The van der Waals surface area contributed by atoms with Crippen molar-refractivity contribution in [3.05, 3.63) is 0 Å². The van der Waals surface area contributed by atoms with Crippen molar-refractivity contribution in [2.24, 2.45) is 5.73 Å². The Hall–Kier alpha value is -0.260. The molecular weight excluding hydrogens is 166 g/mol. The lowest BCUT2D eigenvalue weighted by Gasteiger charge is -2.26. The summed E-state index contributed by atoms with van der Waals surface area (Å²) in [4.78, 5) is 10.9. The summed E-state index contributed by atoms with van der Waals surface area (Å²) in [5.74, 6) is -0.0832. The van der Waals surface area contributed by atoms with E-state index in [4.69, 9.17) is 15.2 Å². The summed E-state index contributed by atoms with van der Waals surface area (Å²) in [6.45, 7) is 0.982. The zero-order valence-electron chi connectivity index (χ0n) is 6.03. The first kappa shape index (κ1) is 8.83. The molecule has 1 atom stereocenters. The molecule has 0 aromatic carbocycles. The molecule has 0 aromatic heterocycles. The summed E-state index contributed by atoms with van der Waals surface area (Å²) in [5.41, 5.74) is 5.35. The van der Waals surface area contributed by atoms with Crippen molar-refractivity contribution < 1.29 is 14.3 Å². The quantitative estimate of drug-likeness (QED) is 0.437. The standard InChI is InChI=1S/C6H11NO3S/c7-5(3-11)6(8)10-4-1-9-2-4/h4-5,11H,1-3,7H2. The maximum absolute atomic E-state index is 10.9. The maximum atomic E-state index is 10.9. The van der Waals surface area contributed by atoms with Gasteiger partial charge in [0, 0.05) is 5.75 Å². The average molecular weight is 177 g/mol. The van der Waals surface area contributed by atoms with E-state index in [1.165, 1.54) is 0 Å². The van der Waals surface area contributed by atoms with Crippen LogP contribution in [-0.2, 0) is 14.3 Å². The molecule has 1 saturated heterocycles. The molecule has 1 aliphatic heterocycles. The molecule has 0 saturated carbocycles. The Morgan fingerprint density at radius 3 is 2.82 bits per heavy atom. The lowest BCUT2D eigenvalue weighted by Crippen LogP contribution is -2.43. The number of esters is 1. The van der Waals surface area contributed by atoms with Crippen molar-refractivity contribution in [3.8, 4) is 0 Å². The molecule has 5 heteroatoms. The van der Waals surface area contributed by atoms with Gasteiger partial charge in [-0.1, -0.05) is 0 Å². The first-order chi connectivity index (χ1) is 5.24. The molecule has 1 rings (SSSR count). The predicted octanol–water partition coefficient (Wildman–Crippen LogP) is -0.815. The Balaban J connectivity index is 2.19. The number of hydrogen-bond donors (Lipinski definition) is 2. The zero-order chi connectivity index (χ0) is 8.27. The van der Waals surface area contributed by atoms with Gasteiger partial charge in [0.15, 0.2) is 0 Å². The first-order valence-electron chi connectivity index (χ1n) is 3.38. The van der Waals surface area contributed by atoms with Gasteiger partial charge in [0.2, 0.25) is 0 Å². The van der Waals surface area contributed by atoms with E-state index in [2.05, 4.69) is 12.6 Å². The van der Waals surface area contributed by atoms with Crippen molar-refractivity contribution in [1.29, 1.82) is 0 Å². The smallest absolute Gasteiger partial charge is 0.324 e. The van der Waals surface area contributed by atoms with Crippen LogP contribution < -0.4 is 5.73 Å². The highest BCUT2D eigenvalue weighted by molar-refractivity contribution is 7.80. The molecule has 0 spiro atoms. The molecule has 2 N–H and O–H groups in total. The number of rotatable bonds is 3. The van der Waals surface area contributed by atoms with Crippen molar-refractivity contribution in [3.63, 3.8) is 0 Å². The fourth-order valence-corrected chi connectivity index (χ4v) is 0.757. The molecule has 1 unspecified atom stereocenters. The van der Waals surface area contributed by atoms with E-state index in [1.54, 1.807) is 0 Å². The summed E-state index contributed by atoms with van der Waals surface area (Å²) < 4.78 is 9.71. The van der Waals surface area contributed by atoms with Gasteiger partial charge in [-0.15, -0.1) is 0 Å². The monoisotopic (exact) mass is 177 g/mol. The van der Waals surface area contributed by atoms with Crippen LogP contribution in [-0.4, -0.2) is 37.1 Å². The van der Waals surface area contributed by atoms with Gasteiger partial charge in [0.25, 0.3) is 0 Å². The number of ether oxygens (including phenoxy) is 2. The SMILES string of the molecule is NC(CS)C(=O)OC1COC1. The largest absolute Gasteiger partial charge is 0.456 e. The van der Waals surface area contributed by atoms with Crippen LogP contribution in [0.5, 0.6) is 0 Å². The van der Waals surface area contributed by atoms with Crippen molar-refractivity contribution >= 4 is 18.6 Å². The minimum atomic E-state index is -0.612. The molecule has 0 radical (unpaired) electrons. The van der Waals surface area contributed by atoms with Gasteiger partial charge in [0.05, 0.1) is 13.2 Å². The van der Waals surface area contributed by atoms with Crippen LogP contribution in [0.1, 0.15) is 0 Å². The molecule has 0 aromatic rings. The summed E-state index contributed by atoms with van der Waals surface area (Å²) in [6, 6.07) is -0.612. The van der Waals surface area contributed by atoms with Crippen molar-refractivity contribution in [2.75, 3.05) is 19.0 Å². The fourth-order valence-electron chi connectivity index (χ4n) is 0.608. The fraction of sp³-hybridized carbons (Fsp3) is 0.833. The second kappa shape index (κ2) is 3.94. The minimum absolute atomic E-state index is 0.0894. The first-order valence-corrected chi connectivity index (χ1v) is 4.02. The van der Waals surface area contributed by atoms with E-state index in [-0.39, 0.29) is 6.10 Å². The van der Waals surface area contributed by atoms with Crippen LogP contribution in [0, 0.1) is 0 Å². The minimum Gasteiger partial charge on any atom is -0.456 e. The number of carbonyl (C=O) groups excluding carboxylic acids is 1. The summed E-state index contributed by atoms with van der Waals surface area (Å²) in [7, 11) is 0. The molecule has 64 valence electrons. The van der Waals surface area contributed by atoms with Gasteiger partial charge in [-0.2, -0.15) is 12.6 Å². The molecule has 11 heavy (non-hydrogen) atoms. The number of hydrogen-bond acceptors (Lipinski definition) is 5. The highest BCUT2D eigenvalue weighted by Crippen LogP contribution is 2.06. The third kappa shape index (κ3) is 2.36. The van der Waals surface area contributed by atoms with E-state index in [1.807, 2.05) is 0 Å². The Bertz CT molecular complexity index is 149. The number of nitrogens with two attached hydrogens (primary N) is 1. The second-order valence-electron chi connectivity index (χ2n) is 2.39. The van der Waals surface area contributed by atoms with E-state index < -0.39 is 12.0 Å². The van der Waals surface area contributed by atoms with Crippen LogP contribution in [0.25, 0.3) is 0 Å². The van der Waals surface area contributed by atoms with E-state index >= 15 is 0 Å².